The Bertz CT molecular complexity index is 534. The molecule has 2 amide bonds. The van der Waals surface area contributed by atoms with E-state index in [1.54, 1.807) is 13.2 Å². The van der Waals surface area contributed by atoms with E-state index in [0.29, 0.717) is 24.5 Å². The number of nitrogens with one attached hydrogen (secondary N) is 3. The monoisotopic (exact) mass is 336 g/mol. The maximum absolute atomic E-state index is 12.2. The molecule has 0 aromatic heterocycles. The smallest absolute Gasteiger partial charge is 0.279 e. The number of carbonyl (C=O) groups is 2. The molecule has 0 saturated heterocycles. The Morgan fingerprint density at radius 1 is 1.21 bits per heavy atom. The molecule has 2 atom stereocenters. The minimum absolute atomic E-state index is 0.0121. The van der Waals surface area contributed by atoms with Crippen molar-refractivity contribution in [3.05, 3.63) is 24.3 Å². The second-order valence-electron chi connectivity index (χ2n) is 5.99. The quantitative estimate of drug-likeness (QED) is 0.593. The number of likely N-dealkylation sites (N-methyl/N-ethyl adjacent to an activating group) is 1. The molecule has 24 heavy (non-hydrogen) atoms. The average molecular weight is 336 g/mol. The van der Waals surface area contributed by atoms with Gasteiger partial charge in [0.25, 0.3) is 11.8 Å². The van der Waals surface area contributed by atoms with Crippen molar-refractivity contribution in [2.75, 3.05) is 32.1 Å². The maximum Gasteiger partial charge on any atom is 0.279 e. The van der Waals surface area contributed by atoms with E-state index in [9.17, 15) is 9.59 Å². The minimum Gasteiger partial charge on any atom is -0.497 e. The van der Waals surface area contributed by atoms with Crippen LogP contribution in [0.1, 0.15) is 33.6 Å². The summed E-state index contributed by atoms with van der Waals surface area (Å²) < 4.78 is 5.14. The summed E-state index contributed by atoms with van der Waals surface area (Å²) in [5, 5.41) is 5.82. The highest BCUT2D eigenvalue weighted by Crippen LogP contribution is 2.16. The Balaban J connectivity index is 2.48. The van der Waals surface area contributed by atoms with Crippen molar-refractivity contribution in [2.24, 2.45) is 0 Å². The van der Waals surface area contributed by atoms with Crippen molar-refractivity contribution in [1.29, 1.82) is 0 Å². The van der Waals surface area contributed by atoms with Gasteiger partial charge in [-0.1, -0.05) is 19.4 Å². The van der Waals surface area contributed by atoms with Gasteiger partial charge in [-0.05, 0) is 32.4 Å². The van der Waals surface area contributed by atoms with Gasteiger partial charge in [0.2, 0.25) is 0 Å². The lowest BCUT2D eigenvalue weighted by molar-refractivity contribution is -0.881. The molecule has 0 bridgehead atoms. The molecule has 0 aliphatic heterocycles. The van der Waals surface area contributed by atoms with Crippen LogP contribution in [-0.4, -0.2) is 44.6 Å². The fourth-order valence-corrected chi connectivity index (χ4v) is 2.50. The first-order valence-corrected chi connectivity index (χ1v) is 8.55. The van der Waals surface area contributed by atoms with E-state index < -0.39 is 0 Å². The number of amides is 2. The zero-order valence-corrected chi connectivity index (χ0v) is 15.1. The minimum atomic E-state index is -0.116. The topological polar surface area (TPSA) is 71.9 Å². The number of carbonyl (C=O) groups excluding carboxylic acids is 2. The molecule has 1 rings (SSSR count). The van der Waals surface area contributed by atoms with E-state index in [2.05, 4.69) is 17.6 Å². The first-order chi connectivity index (χ1) is 11.5. The molecule has 1 aromatic carbocycles. The van der Waals surface area contributed by atoms with Crippen LogP contribution in [0.3, 0.4) is 0 Å². The van der Waals surface area contributed by atoms with Gasteiger partial charge in [-0.25, -0.2) is 0 Å². The maximum atomic E-state index is 12.2. The van der Waals surface area contributed by atoms with Gasteiger partial charge in [0, 0.05) is 17.8 Å². The van der Waals surface area contributed by atoms with Crippen molar-refractivity contribution in [1.82, 2.24) is 5.32 Å². The molecule has 0 spiro atoms. The zero-order valence-electron chi connectivity index (χ0n) is 15.1. The first kappa shape index (κ1) is 20.0. The third-order valence-electron chi connectivity index (χ3n) is 3.80. The molecule has 0 heterocycles. The number of hydrogen-bond donors (Lipinski definition) is 3. The van der Waals surface area contributed by atoms with Crippen LogP contribution in [0.25, 0.3) is 0 Å². The van der Waals surface area contributed by atoms with E-state index >= 15 is 0 Å². The van der Waals surface area contributed by atoms with Crippen molar-refractivity contribution in [3.63, 3.8) is 0 Å². The largest absolute Gasteiger partial charge is 0.497 e. The molecular formula is C18H30N3O3+. The van der Waals surface area contributed by atoms with Crippen LogP contribution in [0.15, 0.2) is 24.3 Å². The van der Waals surface area contributed by atoms with Crippen LogP contribution >= 0.6 is 0 Å². The standard InChI is InChI=1S/C18H29N3O3/c1-5-8-14(3)19-17(22)12-21(6-2)13-18(23)20-15-9-7-10-16(11-15)24-4/h7,9-11,14H,5-6,8,12-13H2,1-4H3,(H,19,22)(H,20,23)/p+1/t14-/m1/s1. The van der Waals surface area contributed by atoms with Gasteiger partial charge >= 0.3 is 0 Å². The lowest BCUT2D eigenvalue weighted by Crippen LogP contribution is -3.14. The molecule has 134 valence electrons. The summed E-state index contributed by atoms with van der Waals surface area (Å²) in [4.78, 5) is 25.2. The van der Waals surface area contributed by atoms with E-state index in [0.717, 1.165) is 17.7 Å². The fraction of sp³-hybridized carbons (Fsp3) is 0.556. The summed E-state index contributed by atoms with van der Waals surface area (Å²) in [5.74, 6) is 0.563. The highest BCUT2D eigenvalue weighted by molar-refractivity contribution is 5.91. The van der Waals surface area contributed by atoms with Gasteiger partial charge in [-0.2, -0.15) is 0 Å². The number of hydrogen-bond acceptors (Lipinski definition) is 3. The third kappa shape index (κ3) is 7.46. The molecule has 0 saturated carbocycles. The van der Waals surface area contributed by atoms with Gasteiger partial charge in [-0.3, -0.25) is 9.59 Å². The highest BCUT2D eigenvalue weighted by Gasteiger charge is 2.17. The van der Waals surface area contributed by atoms with E-state index in [4.69, 9.17) is 4.74 Å². The lowest BCUT2D eigenvalue weighted by atomic mass is 10.2. The van der Waals surface area contributed by atoms with Crippen molar-refractivity contribution < 1.29 is 19.2 Å². The Morgan fingerprint density at radius 2 is 1.92 bits per heavy atom. The van der Waals surface area contributed by atoms with Crippen LogP contribution in [0.5, 0.6) is 5.75 Å². The Morgan fingerprint density at radius 3 is 2.54 bits per heavy atom. The number of methoxy groups -OCH3 is 1. The number of benzene rings is 1. The molecule has 0 radical (unpaired) electrons. The zero-order chi connectivity index (χ0) is 17.9. The van der Waals surface area contributed by atoms with Crippen LogP contribution < -0.4 is 20.3 Å². The van der Waals surface area contributed by atoms with Gasteiger partial charge in [0.05, 0.1) is 13.7 Å². The first-order valence-electron chi connectivity index (χ1n) is 8.55. The third-order valence-corrected chi connectivity index (χ3v) is 3.80. The SMILES string of the molecule is CCC[C@@H](C)NC(=O)C[NH+](CC)CC(=O)Nc1cccc(OC)c1. The van der Waals surface area contributed by atoms with Crippen LogP contribution in [-0.2, 0) is 9.59 Å². The van der Waals surface area contributed by atoms with Gasteiger partial charge in [-0.15, -0.1) is 0 Å². The number of quaternary nitrogens is 1. The van der Waals surface area contributed by atoms with Gasteiger partial charge in [0.1, 0.15) is 5.75 Å². The lowest BCUT2D eigenvalue weighted by Gasteiger charge is -2.19. The number of ether oxygens (including phenoxy) is 1. The predicted molar refractivity (Wildman–Crippen MR) is 95.4 cm³/mol. The molecular weight excluding hydrogens is 306 g/mol. The van der Waals surface area contributed by atoms with E-state index in [1.165, 1.54) is 0 Å². The molecule has 0 aliphatic rings. The van der Waals surface area contributed by atoms with Crippen LogP contribution in [0.2, 0.25) is 0 Å². The summed E-state index contributed by atoms with van der Waals surface area (Å²) in [6, 6.07) is 7.39. The molecule has 1 unspecified atom stereocenters. The molecule has 1 aromatic rings. The van der Waals surface area contributed by atoms with E-state index in [1.807, 2.05) is 32.0 Å². The van der Waals surface area contributed by atoms with Gasteiger partial charge < -0.3 is 20.3 Å². The number of rotatable bonds is 10. The summed E-state index contributed by atoms with van der Waals surface area (Å²) in [5.41, 5.74) is 0.691. The molecule has 0 fully saturated rings. The highest BCUT2D eigenvalue weighted by atomic mass is 16.5. The van der Waals surface area contributed by atoms with Gasteiger partial charge in [0.15, 0.2) is 13.1 Å². The van der Waals surface area contributed by atoms with Crippen molar-refractivity contribution in [3.8, 4) is 5.75 Å². The molecule has 3 N–H and O–H groups in total. The fourth-order valence-electron chi connectivity index (χ4n) is 2.50. The Kier molecular flexibility index (Phi) is 8.86. The summed E-state index contributed by atoms with van der Waals surface area (Å²) >= 11 is 0. The summed E-state index contributed by atoms with van der Waals surface area (Å²) in [6.45, 7) is 7.33. The van der Waals surface area contributed by atoms with Crippen molar-refractivity contribution >= 4 is 17.5 Å². The normalized spacial score (nSPS) is 13.0. The average Bonchev–Trinajstić information content (AvgIpc) is 2.54. The molecule has 6 nitrogen and oxygen atoms in total. The molecule has 6 heteroatoms. The summed E-state index contributed by atoms with van der Waals surface area (Å²) in [6.07, 6.45) is 2.00. The number of anilines is 1. The second-order valence-corrected chi connectivity index (χ2v) is 5.99. The Labute approximate surface area is 144 Å². The van der Waals surface area contributed by atoms with Crippen molar-refractivity contribution in [2.45, 2.75) is 39.7 Å². The predicted octanol–water partition coefficient (Wildman–Crippen LogP) is 0.843. The van der Waals surface area contributed by atoms with Crippen LogP contribution in [0.4, 0.5) is 5.69 Å². The molecule has 0 aliphatic carbocycles. The van der Waals surface area contributed by atoms with E-state index in [-0.39, 0.29) is 24.4 Å². The second kappa shape index (κ2) is 10.6. The Hall–Kier alpha value is -2.08. The van der Waals surface area contributed by atoms with Crippen LogP contribution in [0, 0.1) is 0 Å². The summed E-state index contributed by atoms with van der Waals surface area (Å²) in [7, 11) is 1.59.